The lowest BCUT2D eigenvalue weighted by molar-refractivity contribution is 0.400. The predicted octanol–water partition coefficient (Wildman–Crippen LogP) is 4.13. The van der Waals surface area contributed by atoms with Crippen molar-refractivity contribution in [2.24, 2.45) is 0 Å². The number of benzene rings is 3. The molecule has 0 heterocycles. The van der Waals surface area contributed by atoms with Gasteiger partial charge in [0, 0.05) is 11.1 Å². The molecule has 0 unspecified atom stereocenters. The summed E-state index contributed by atoms with van der Waals surface area (Å²) in [7, 11) is 1.61. The summed E-state index contributed by atoms with van der Waals surface area (Å²) < 4.78 is 5.47. The van der Waals surface area contributed by atoms with Gasteiger partial charge in [0.25, 0.3) is 0 Å². The fraction of sp³-hybridized carbons (Fsp3) is 0.0500. The Hall–Kier alpha value is -2.94. The fourth-order valence-electron chi connectivity index (χ4n) is 2.65. The number of methoxy groups -OCH3 is 1. The van der Waals surface area contributed by atoms with E-state index < -0.39 is 0 Å². The lowest BCUT2D eigenvalue weighted by Crippen LogP contribution is -2.06. The van der Waals surface area contributed by atoms with Crippen LogP contribution in [0.25, 0.3) is 0 Å². The monoisotopic (exact) mass is 305 g/mol. The van der Waals surface area contributed by atoms with E-state index in [-0.39, 0.29) is 11.5 Å². The molecule has 0 aliphatic carbocycles. The Labute approximate surface area is 135 Å². The molecule has 3 heteroatoms. The van der Waals surface area contributed by atoms with E-state index in [1.165, 1.54) is 6.07 Å². The van der Waals surface area contributed by atoms with E-state index in [2.05, 4.69) is 0 Å². The van der Waals surface area contributed by atoms with Gasteiger partial charge in [0.15, 0.2) is 11.5 Å². The molecule has 0 bridgehead atoms. The second-order valence-electron chi connectivity index (χ2n) is 5.11. The lowest BCUT2D eigenvalue weighted by Gasteiger charge is -2.21. The van der Waals surface area contributed by atoms with Crippen LogP contribution in [0, 0.1) is 5.92 Å². The van der Waals surface area contributed by atoms with E-state index >= 15 is 0 Å². The minimum absolute atomic E-state index is 0.141. The highest BCUT2D eigenvalue weighted by molar-refractivity contribution is 5.66. The Kier molecular flexibility index (Phi) is 4.20. The van der Waals surface area contributed by atoms with Crippen LogP contribution in [0.15, 0.2) is 72.8 Å². The van der Waals surface area contributed by atoms with Gasteiger partial charge in [0.2, 0.25) is 0 Å². The highest BCUT2D eigenvalue weighted by atomic mass is 16.5. The Morgan fingerprint density at radius 1 is 0.739 bits per heavy atom. The molecule has 0 aliphatic rings. The molecule has 0 saturated carbocycles. The van der Waals surface area contributed by atoms with Crippen LogP contribution in [0.5, 0.6) is 17.2 Å². The SMILES string of the molecule is COc1ccccc1[C](c1ccccc1)c1cccc(O)c1O. The molecule has 0 aliphatic heterocycles. The molecular weight excluding hydrogens is 288 g/mol. The average Bonchev–Trinajstić information content (AvgIpc) is 2.60. The van der Waals surface area contributed by atoms with Gasteiger partial charge in [-0.15, -0.1) is 0 Å². The van der Waals surface area contributed by atoms with Gasteiger partial charge in [0.05, 0.1) is 13.0 Å². The topological polar surface area (TPSA) is 49.7 Å². The summed E-state index contributed by atoms with van der Waals surface area (Å²) in [6, 6.07) is 22.3. The summed E-state index contributed by atoms with van der Waals surface area (Å²) >= 11 is 0. The van der Waals surface area contributed by atoms with Crippen LogP contribution < -0.4 is 4.74 Å². The van der Waals surface area contributed by atoms with Crippen molar-refractivity contribution in [2.75, 3.05) is 7.11 Å². The zero-order valence-corrected chi connectivity index (χ0v) is 12.7. The maximum Gasteiger partial charge on any atom is 0.161 e. The number of rotatable bonds is 4. The molecule has 1 radical (unpaired) electrons. The van der Waals surface area contributed by atoms with E-state index in [1.807, 2.05) is 54.6 Å². The van der Waals surface area contributed by atoms with Crippen molar-refractivity contribution in [1.82, 2.24) is 0 Å². The minimum Gasteiger partial charge on any atom is -0.504 e. The van der Waals surface area contributed by atoms with Crippen LogP contribution >= 0.6 is 0 Å². The van der Waals surface area contributed by atoms with Gasteiger partial charge in [-0.05, 0) is 17.7 Å². The summed E-state index contributed by atoms with van der Waals surface area (Å²) in [4.78, 5) is 0. The minimum atomic E-state index is -0.147. The summed E-state index contributed by atoms with van der Waals surface area (Å²) in [5, 5.41) is 20.2. The molecule has 0 fully saturated rings. The molecule has 0 atom stereocenters. The van der Waals surface area contributed by atoms with Gasteiger partial charge >= 0.3 is 0 Å². The fourth-order valence-corrected chi connectivity index (χ4v) is 2.65. The van der Waals surface area contributed by atoms with Crippen molar-refractivity contribution in [2.45, 2.75) is 0 Å². The second-order valence-corrected chi connectivity index (χ2v) is 5.11. The summed E-state index contributed by atoms with van der Waals surface area (Å²) in [6.45, 7) is 0. The molecule has 0 saturated heterocycles. The first-order valence-corrected chi connectivity index (χ1v) is 7.29. The van der Waals surface area contributed by atoms with Gasteiger partial charge in [-0.1, -0.05) is 60.7 Å². The van der Waals surface area contributed by atoms with E-state index in [0.717, 1.165) is 17.0 Å². The molecule has 115 valence electrons. The molecule has 3 aromatic carbocycles. The first kappa shape index (κ1) is 15.0. The smallest absolute Gasteiger partial charge is 0.161 e. The van der Waals surface area contributed by atoms with E-state index in [1.54, 1.807) is 19.2 Å². The molecule has 0 amide bonds. The Morgan fingerprint density at radius 3 is 2.13 bits per heavy atom. The highest BCUT2D eigenvalue weighted by Crippen LogP contribution is 2.42. The van der Waals surface area contributed by atoms with Crippen LogP contribution in [0.2, 0.25) is 0 Å². The Balaban J connectivity index is 2.25. The molecule has 3 nitrogen and oxygen atoms in total. The average molecular weight is 305 g/mol. The van der Waals surface area contributed by atoms with Crippen molar-refractivity contribution in [3.05, 3.63) is 95.4 Å². The summed E-state index contributed by atoms with van der Waals surface area (Å²) in [5.41, 5.74) is 2.33. The Bertz CT molecular complexity index is 797. The van der Waals surface area contributed by atoms with Crippen LogP contribution in [0.3, 0.4) is 0 Å². The van der Waals surface area contributed by atoms with Gasteiger partial charge in [-0.25, -0.2) is 0 Å². The van der Waals surface area contributed by atoms with Gasteiger partial charge in [-0.2, -0.15) is 0 Å². The quantitative estimate of drug-likeness (QED) is 0.563. The van der Waals surface area contributed by atoms with E-state index in [4.69, 9.17) is 4.74 Å². The van der Waals surface area contributed by atoms with Gasteiger partial charge in [0.1, 0.15) is 5.75 Å². The first-order valence-electron chi connectivity index (χ1n) is 7.29. The third kappa shape index (κ3) is 2.86. The van der Waals surface area contributed by atoms with Crippen LogP contribution in [-0.2, 0) is 0 Å². The lowest BCUT2D eigenvalue weighted by atomic mass is 9.84. The van der Waals surface area contributed by atoms with E-state index in [9.17, 15) is 10.2 Å². The van der Waals surface area contributed by atoms with Crippen molar-refractivity contribution in [3.8, 4) is 17.2 Å². The second kappa shape index (κ2) is 6.44. The highest BCUT2D eigenvalue weighted by Gasteiger charge is 2.24. The van der Waals surface area contributed by atoms with Gasteiger partial charge in [-0.3, -0.25) is 0 Å². The third-order valence-corrected chi connectivity index (χ3v) is 3.72. The molecule has 2 N–H and O–H groups in total. The standard InChI is InChI=1S/C20H17O3/c1-23-18-13-6-5-10-15(18)19(14-8-3-2-4-9-14)16-11-7-12-17(21)20(16)22/h2-13,21-22H,1H3. The number of aromatic hydroxyl groups is 2. The normalized spacial score (nSPS) is 10.7. The first-order chi connectivity index (χ1) is 11.2. The number of hydrogen-bond donors (Lipinski definition) is 2. The number of phenols is 2. The van der Waals surface area contributed by atoms with Crippen molar-refractivity contribution >= 4 is 0 Å². The van der Waals surface area contributed by atoms with E-state index in [0.29, 0.717) is 11.3 Å². The largest absolute Gasteiger partial charge is 0.504 e. The van der Waals surface area contributed by atoms with Crippen LogP contribution in [-0.4, -0.2) is 17.3 Å². The zero-order valence-electron chi connectivity index (χ0n) is 12.7. The van der Waals surface area contributed by atoms with Crippen LogP contribution in [0.1, 0.15) is 16.7 Å². The van der Waals surface area contributed by atoms with Crippen molar-refractivity contribution < 1.29 is 14.9 Å². The number of ether oxygens (including phenoxy) is 1. The number of phenolic OH excluding ortho intramolecular Hbond substituents is 2. The summed E-state index contributed by atoms with van der Waals surface area (Å²) in [5.74, 6) is 1.22. The zero-order chi connectivity index (χ0) is 16.2. The molecule has 3 rings (SSSR count). The maximum atomic E-state index is 10.3. The third-order valence-electron chi connectivity index (χ3n) is 3.72. The molecule has 3 aromatic rings. The Morgan fingerprint density at radius 2 is 1.39 bits per heavy atom. The molecule has 0 spiro atoms. The summed E-state index contributed by atoms with van der Waals surface area (Å²) in [6.07, 6.45) is 0. The predicted molar refractivity (Wildman–Crippen MR) is 89.8 cm³/mol. The molecule has 23 heavy (non-hydrogen) atoms. The maximum absolute atomic E-state index is 10.3. The van der Waals surface area contributed by atoms with Crippen molar-refractivity contribution in [1.29, 1.82) is 0 Å². The number of para-hydroxylation sites is 2. The van der Waals surface area contributed by atoms with Crippen molar-refractivity contribution in [3.63, 3.8) is 0 Å². The number of hydrogen-bond acceptors (Lipinski definition) is 3. The van der Waals surface area contributed by atoms with Crippen LogP contribution in [0.4, 0.5) is 0 Å². The van der Waals surface area contributed by atoms with Gasteiger partial charge < -0.3 is 14.9 Å². The molecule has 0 aromatic heterocycles. The molecular formula is C20H17O3.